The van der Waals surface area contributed by atoms with E-state index in [0.29, 0.717) is 17.5 Å². The highest BCUT2D eigenvalue weighted by Crippen LogP contribution is 2.54. The molecule has 1 aromatic heterocycles. The van der Waals surface area contributed by atoms with Crippen LogP contribution in [-0.4, -0.2) is 44.8 Å². The number of hydrogen-bond donors (Lipinski definition) is 1. The molecular formula is C25H29N3O3S. The molecule has 2 bridgehead atoms. The molecule has 0 amide bonds. The van der Waals surface area contributed by atoms with E-state index in [1.165, 1.54) is 17.2 Å². The molecule has 7 heteroatoms. The monoisotopic (exact) mass is 451 g/mol. The molecule has 168 valence electrons. The number of methoxy groups -OCH3 is 1. The van der Waals surface area contributed by atoms with Crippen LogP contribution in [0.3, 0.4) is 0 Å². The molecular weight excluding hydrogens is 422 g/mol. The Morgan fingerprint density at radius 3 is 2.56 bits per heavy atom. The van der Waals surface area contributed by atoms with Gasteiger partial charge in [-0.25, -0.2) is 8.42 Å². The number of likely N-dealkylation sites (tertiary alicyclic amines) is 1. The largest absolute Gasteiger partial charge is 0.373 e. The number of anilines is 1. The summed E-state index contributed by atoms with van der Waals surface area (Å²) in [5.41, 5.74) is 3.52. The maximum absolute atomic E-state index is 11.7. The van der Waals surface area contributed by atoms with Crippen LogP contribution in [0.1, 0.15) is 24.0 Å². The molecule has 2 heterocycles. The Balaban J connectivity index is 1.39. The van der Waals surface area contributed by atoms with E-state index in [4.69, 9.17) is 4.74 Å². The van der Waals surface area contributed by atoms with E-state index in [9.17, 15) is 8.42 Å². The topological polar surface area (TPSA) is 71.5 Å². The zero-order chi connectivity index (χ0) is 22.3. The van der Waals surface area contributed by atoms with Crippen LogP contribution in [0, 0.1) is 11.8 Å². The molecule has 1 aliphatic heterocycles. The highest BCUT2D eigenvalue weighted by atomic mass is 32.2. The molecule has 3 aromatic rings. The fraction of sp³-hybridized carbons (Fsp3) is 0.400. The van der Waals surface area contributed by atoms with E-state index in [1.54, 1.807) is 13.2 Å². The molecule has 5 rings (SSSR count). The third-order valence-corrected chi connectivity index (χ3v) is 7.65. The first kappa shape index (κ1) is 21.4. The summed E-state index contributed by atoms with van der Waals surface area (Å²) in [4.78, 5) is 7.14. The highest BCUT2D eigenvalue weighted by molar-refractivity contribution is 7.92. The minimum atomic E-state index is -3.33. The lowest BCUT2D eigenvalue weighted by Crippen LogP contribution is -2.52. The molecule has 0 radical (unpaired) electrons. The van der Waals surface area contributed by atoms with Crippen LogP contribution in [0.2, 0.25) is 0 Å². The molecule has 2 atom stereocenters. The second-order valence-corrected chi connectivity index (χ2v) is 10.9. The van der Waals surface area contributed by atoms with Crippen LogP contribution >= 0.6 is 0 Å². The van der Waals surface area contributed by atoms with Gasteiger partial charge in [0.15, 0.2) is 0 Å². The number of aromatic nitrogens is 1. The van der Waals surface area contributed by atoms with Gasteiger partial charge in [0.1, 0.15) is 5.60 Å². The first-order valence-corrected chi connectivity index (χ1v) is 13.0. The summed E-state index contributed by atoms with van der Waals surface area (Å²) in [6.07, 6.45) is 5.38. The van der Waals surface area contributed by atoms with Gasteiger partial charge in [0.25, 0.3) is 0 Å². The highest BCUT2D eigenvalue weighted by Gasteiger charge is 2.55. The zero-order valence-electron chi connectivity index (χ0n) is 18.5. The van der Waals surface area contributed by atoms with Gasteiger partial charge in [-0.05, 0) is 48.2 Å². The Kier molecular flexibility index (Phi) is 5.43. The lowest BCUT2D eigenvalue weighted by molar-refractivity contribution is -0.120. The third kappa shape index (κ3) is 3.89. The maximum atomic E-state index is 11.7. The number of benzene rings is 2. The van der Waals surface area contributed by atoms with Crippen LogP contribution in [0.4, 0.5) is 5.69 Å². The molecule has 2 fully saturated rings. The van der Waals surface area contributed by atoms with Crippen molar-refractivity contribution in [2.75, 3.05) is 31.2 Å². The second-order valence-electron chi connectivity index (χ2n) is 9.15. The average molecular weight is 452 g/mol. The van der Waals surface area contributed by atoms with Gasteiger partial charge in [0.2, 0.25) is 10.0 Å². The van der Waals surface area contributed by atoms with Crippen molar-refractivity contribution < 1.29 is 13.2 Å². The van der Waals surface area contributed by atoms with E-state index >= 15 is 0 Å². The van der Waals surface area contributed by atoms with Crippen molar-refractivity contribution in [3.8, 4) is 0 Å². The summed E-state index contributed by atoms with van der Waals surface area (Å²) < 4.78 is 32.3. The summed E-state index contributed by atoms with van der Waals surface area (Å²) >= 11 is 0. The number of nitrogens with one attached hydrogen (secondary N) is 1. The van der Waals surface area contributed by atoms with Gasteiger partial charge >= 0.3 is 0 Å². The molecule has 1 aliphatic carbocycles. The average Bonchev–Trinajstić information content (AvgIpc) is 2.96. The van der Waals surface area contributed by atoms with Crippen molar-refractivity contribution in [2.24, 2.45) is 11.8 Å². The lowest BCUT2D eigenvalue weighted by Gasteiger charge is -2.47. The number of para-hydroxylation sites is 1. The quantitative estimate of drug-likeness (QED) is 0.614. The van der Waals surface area contributed by atoms with Crippen molar-refractivity contribution in [3.05, 3.63) is 71.9 Å². The Morgan fingerprint density at radius 1 is 1.09 bits per heavy atom. The van der Waals surface area contributed by atoms with Crippen LogP contribution in [0.25, 0.3) is 10.9 Å². The van der Waals surface area contributed by atoms with Crippen LogP contribution < -0.4 is 4.72 Å². The first-order chi connectivity index (χ1) is 15.4. The Hall–Kier alpha value is -2.48. The summed E-state index contributed by atoms with van der Waals surface area (Å²) in [5.74, 6) is 0.710. The van der Waals surface area contributed by atoms with Crippen LogP contribution in [0.5, 0.6) is 0 Å². The van der Waals surface area contributed by atoms with Crippen molar-refractivity contribution >= 4 is 26.6 Å². The van der Waals surface area contributed by atoms with Crippen LogP contribution in [-0.2, 0) is 26.9 Å². The van der Waals surface area contributed by atoms with E-state index in [0.717, 1.165) is 43.6 Å². The van der Waals surface area contributed by atoms with Gasteiger partial charge in [0, 0.05) is 55.9 Å². The summed E-state index contributed by atoms with van der Waals surface area (Å²) in [7, 11) is -1.53. The van der Waals surface area contributed by atoms with Gasteiger partial charge in [-0.2, -0.15) is 0 Å². The van der Waals surface area contributed by atoms with Gasteiger partial charge in [-0.3, -0.25) is 14.6 Å². The standard InChI is InChI=1S/C25H29N3O3S/c1-31-25(20-7-5-8-23(13-20)27-32(2,29)30)21-10-11-22(25)17-28(16-21)15-18-12-19-6-3-4-9-24(19)26-14-18/h3-9,12-14,21-22,27H,10-11,15-17H2,1-2H3. The predicted octanol–water partition coefficient (Wildman–Crippen LogP) is 3.99. The summed E-state index contributed by atoms with van der Waals surface area (Å²) in [6.45, 7) is 2.77. The van der Waals surface area contributed by atoms with E-state index in [1.807, 2.05) is 30.5 Å². The lowest BCUT2D eigenvalue weighted by atomic mass is 9.74. The fourth-order valence-electron chi connectivity index (χ4n) is 5.87. The number of ether oxygens (including phenoxy) is 1. The minimum Gasteiger partial charge on any atom is -0.373 e. The van der Waals surface area contributed by atoms with Gasteiger partial charge in [0.05, 0.1) is 11.8 Å². The second kappa shape index (κ2) is 8.14. The van der Waals surface area contributed by atoms with E-state index < -0.39 is 10.0 Å². The number of sulfonamides is 1. The third-order valence-electron chi connectivity index (χ3n) is 7.04. The number of nitrogens with zero attached hydrogens (tertiary/aromatic N) is 2. The van der Waals surface area contributed by atoms with Crippen molar-refractivity contribution in [1.82, 2.24) is 9.88 Å². The van der Waals surface area contributed by atoms with Gasteiger partial charge in [-0.15, -0.1) is 0 Å². The fourth-order valence-corrected chi connectivity index (χ4v) is 6.42. The molecule has 1 saturated heterocycles. The molecule has 2 unspecified atom stereocenters. The van der Waals surface area contributed by atoms with Crippen molar-refractivity contribution in [1.29, 1.82) is 0 Å². The maximum Gasteiger partial charge on any atom is 0.229 e. The molecule has 1 N–H and O–H groups in total. The summed E-state index contributed by atoms with van der Waals surface area (Å²) in [6, 6.07) is 18.2. The van der Waals surface area contributed by atoms with E-state index in [2.05, 4.69) is 38.9 Å². The van der Waals surface area contributed by atoms with Crippen LogP contribution in [0.15, 0.2) is 60.8 Å². The molecule has 0 spiro atoms. The number of piperidine rings is 1. The Bertz CT molecular complexity index is 1230. The normalized spacial score (nSPS) is 25.8. The number of hydrogen-bond acceptors (Lipinski definition) is 5. The molecule has 2 aliphatic rings. The predicted molar refractivity (Wildman–Crippen MR) is 127 cm³/mol. The summed E-state index contributed by atoms with van der Waals surface area (Å²) in [5, 5.41) is 1.17. The first-order valence-electron chi connectivity index (χ1n) is 11.1. The zero-order valence-corrected chi connectivity index (χ0v) is 19.3. The molecule has 6 nitrogen and oxygen atoms in total. The SMILES string of the molecule is COC1(c2cccc(NS(C)(=O)=O)c2)C2CCC1CN(Cc1cnc3ccccc3c1)C2. The van der Waals surface area contributed by atoms with Crippen molar-refractivity contribution in [2.45, 2.75) is 25.0 Å². The van der Waals surface area contributed by atoms with Gasteiger partial charge in [-0.1, -0.05) is 30.3 Å². The molecule has 2 aromatic carbocycles. The number of fused-ring (bicyclic) bond motifs is 3. The molecule has 32 heavy (non-hydrogen) atoms. The smallest absolute Gasteiger partial charge is 0.229 e. The number of rotatable bonds is 6. The Labute approximate surface area is 189 Å². The molecule has 1 saturated carbocycles. The minimum absolute atomic E-state index is 0.355. The number of pyridine rings is 1. The van der Waals surface area contributed by atoms with E-state index in [-0.39, 0.29) is 5.60 Å². The Morgan fingerprint density at radius 2 is 1.84 bits per heavy atom. The van der Waals surface area contributed by atoms with Gasteiger partial charge < -0.3 is 4.74 Å². The van der Waals surface area contributed by atoms with Crippen molar-refractivity contribution in [3.63, 3.8) is 0 Å².